The Labute approximate surface area is 127 Å². The molecule has 1 aliphatic rings. The Balaban J connectivity index is 1.38. The van der Waals surface area contributed by atoms with Gasteiger partial charge in [-0.05, 0) is 17.7 Å². The van der Waals surface area contributed by atoms with Gasteiger partial charge in [0.15, 0.2) is 0 Å². The minimum Gasteiger partial charge on any atom is -0.311 e. The summed E-state index contributed by atoms with van der Waals surface area (Å²) in [5, 5.41) is 3.51. The molecular weight excluding hydrogens is 258 g/mol. The molecule has 2 aromatic rings. The first-order valence-corrected chi connectivity index (χ1v) is 7.65. The van der Waals surface area contributed by atoms with E-state index < -0.39 is 0 Å². The third-order valence-electron chi connectivity index (χ3n) is 4.21. The topological polar surface area (TPSA) is 28.2 Å². The van der Waals surface area contributed by atoms with Gasteiger partial charge in [-0.25, -0.2) is 0 Å². The Morgan fingerprint density at radius 3 is 2.57 bits per heavy atom. The van der Waals surface area contributed by atoms with E-state index >= 15 is 0 Å². The normalized spacial score (nSPS) is 17.4. The van der Waals surface area contributed by atoms with E-state index in [9.17, 15) is 0 Å². The van der Waals surface area contributed by atoms with Crippen LogP contribution in [0.1, 0.15) is 18.2 Å². The summed E-state index contributed by atoms with van der Waals surface area (Å²) < 4.78 is 0. The molecule has 0 spiro atoms. The van der Waals surface area contributed by atoms with Crippen molar-refractivity contribution in [2.45, 2.75) is 18.9 Å². The molecule has 0 radical (unpaired) electrons. The van der Waals surface area contributed by atoms with Crippen molar-refractivity contribution in [1.82, 2.24) is 15.2 Å². The van der Waals surface area contributed by atoms with Gasteiger partial charge in [0, 0.05) is 50.0 Å². The average molecular weight is 281 g/mol. The zero-order valence-corrected chi connectivity index (χ0v) is 12.6. The van der Waals surface area contributed by atoms with Gasteiger partial charge in [0.2, 0.25) is 0 Å². The lowest BCUT2D eigenvalue weighted by atomic mass is 9.78. The number of nitrogens with one attached hydrogen (secondary N) is 1. The van der Waals surface area contributed by atoms with Crippen molar-refractivity contribution in [3.05, 3.63) is 66.0 Å². The van der Waals surface area contributed by atoms with Crippen LogP contribution in [-0.2, 0) is 12.0 Å². The van der Waals surface area contributed by atoms with Gasteiger partial charge in [0.1, 0.15) is 0 Å². The lowest BCUT2D eigenvalue weighted by molar-refractivity contribution is 0.0762. The van der Waals surface area contributed by atoms with E-state index in [1.807, 2.05) is 12.3 Å². The smallest absolute Gasteiger partial charge is 0.0488 e. The summed E-state index contributed by atoms with van der Waals surface area (Å²) in [5.74, 6) is 0. The summed E-state index contributed by atoms with van der Waals surface area (Å²) in [6.07, 6.45) is 1.89. The summed E-state index contributed by atoms with van der Waals surface area (Å²) in [5.41, 5.74) is 2.80. The van der Waals surface area contributed by atoms with Crippen LogP contribution in [0.4, 0.5) is 0 Å². The van der Waals surface area contributed by atoms with Crippen LogP contribution in [0.2, 0.25) is 0 Å². The summed E-state index contributed by atoms with van der Waals surface area (Å²) in [4.78, 5) is 6.99. The zero-order chi connectivity index (χ0) is 14.5. The van der Waals surface area contributed by atoms with Crippen LogP contribution in [0, 0.1) is 0 Å². The number of hydrogen-bond acceptors (Lipinski definition) is 3. The van der Waals surface area contributed by atoms with E-state index in [-0.39, 0.29) is 5.41 Å². The first-order valence-electron chi connectivity index (χ1n) is 7.65. The first-order chi connectivity index (χ1) is 10.3. The molecule has 21 heavy (non-hydrogen) atoms. The molecule has 0 amide bonds. The molecule has 1 aromatic carbocycles. The standard InChI is InChI=1S/C18H23N3/c1-18(17-9-5-6-10-20-17)14-21(15-18)12-11-19-13-16-7-3-2-4-8-16/h2-10,19H,11-15H2,1H3. The molecular formula is C18H23N3. The molecule has 0 atom stereocenters. The molecule has 3 heteroatoms. The number of rotatable bonds is 6. The van der Waals surface area contributed by atoms with Crippen LogP contribution in [0.15, 0.2) is 54.7 Å². The van der Waals surface area contributed by atoms with E-state index in [1.54, 1.807) is 0 Å². The molecule has 1 N–H and O–H groups in total. The Morgan fingerprint density at radius 1 is 1.10 bits per heavy atom. The minimum absolute atomic E-state index is 0.237. The van der Waals surface area contributed by atoms with Crippen LogP contribution < -0.4 is 5.32 Å². The molecule has 0 unspecified atom stereocenters. The maximum atomic E-state index is 4.50. The van der Waals surface area contributed by atoms with Gasteiger partial charge >= 0.3 is 0 Å². The second-order valence-electron chi connectivity index (χ2n) is 6.15. The molecule has 1 aliphatic heterocycles. The monoisotopic (exact) mass is 281 g/mol. The lowest BCUT2D eigenvalue weighted by Crippen LogP contribution is -2.59. The van der Waals surface area contributed by atoms with Crippen molar-refractivity contribution in [2.75, 3.05) is 26.2 Å². The molecule has 110 valence electrons. The third-order valence-corrected chi connectivity index (χ3v) is 4.21. The third kappa shape index (κ3) is 3.49. The van der Waals surface area contributed by atoms with Crippen molar-refractivity contribution in [3.8, 4) is 0 Å². The molecule has 0 saturated carbocycles. The molecule has 0 aliphatic carbocycles. The molecule has 3 nitrogen and oxygen atoms in total. The van der Waals surface area contributed by atoms with Crippen molar-refractivity contribution >= 4 is 0 Å². The maximum absolute atomic E-state index is 4.50. The van der Waals surface area contributed by atoms with Gasteiger partial charge in [-0.1, -0.05) is 43.3 Å². The predicted molar refractivity (Wildman–Crippen MR) is 86.2 cm³/mol. The Hall–Kier alpha value is -1.71. The van der Waals surface area contributed by atoms with Crippen molar-refractivity contribution in [3.63, 3.8) is 0 Å². The van der Waals surface area contributed by atoms with E-state index in [1.165, 1.54) is 11.3 Å². The SMILES string of the molecule is CC1(c2ccccn2)CN(CCNCc2ccccc2)C1. The van der Waals surface area contributed by atoms with Crippen LogP contribution in [-0.4, -0.2) is 36.1 Å². The number of hydrogen-bond donors (Lipinski definition) is 1. The highest BCUT2D eigenvalue weighted by molar-refractivity contribution is 5.21. The predicted octanol–water partition coefficient (Wildman–Crippen LogP) is 2.44. The lowest BCUT2D eigenvalue weighted by Gasteiger charge is -2.47. The van der Waals surface area contributed by atoms with Crippen LogP contribution >= 0.6 is 0 Å². The van der Waals surface area contributed by atoms with Gasteiger partial charge in [0.05, 0.1) is 0 Å². The van der Waals surface area contributed by atoms with E-state index in [2.05, 4.69) is 64.6 Å². The second-order valence-corrected chi connectivity index (χ2v) is 6.15. The molecule has 3 rings (SSSR count). The second kappa shape index (κ2) is 6.37. The average Bonchev–Trinajstić information content (AvgIpc) is 2.51. The van der Waals surface area contributed by atoms with Crippen molar-refractivity contribution in [2.24, 2.45) is 0 Å². The highest BCUT2D eigenvalue weighted by Crippen LogP contribution is 2.32. The van der Waals surface area contributed by atoms with E-state index in [0.717, 1.165) is 32.7 Å². The summed E-state index contributed by atoms with van der Waals surface area (Å²) in [6, 6.07) is 16.8. The van der Waals surface area contributed by atoms with Crippen molar-refractivity contribution in [1.29, 1.82) is 0 Å². The van der Waals surface area contributed by atoms with Gasteiger partial charge in [0.25, 0.3) is 0 Å². The number of benzene rings is 1. The quantitative estimate of drug-likeness (QED) is 0.824. The number of nitrogens with zero attached hydrogens (tertiary/aromatic N) is 2. The number of likely N-dealkylation sites (tertiary alicyclic amines) is 1. The van der Waals surface area contributed by atoms with Crippen LogP contribution in [0.25, 0.3) is 0 Å². The fourth-order valence-electron chi connectivity index (χ4n) is 3.05. The van der Waals surface area contributed by atoms with Gasteiger partial charge in [-0.2, -0.15) is 0 Å². The Bertz CT molecular complexity index is 547. The fraction of sp³-hybridized carbons (Fsp3) is 0.389. The highest BCUT2D eigenvalue weighted by Gasteiger charge is 2.40. The van der Waals surface area contributed by atoms with Gasteiger partial charge in [-0.15, -0.1) is 0 Å². The fourth-order valence-corrected chi connectivity index (χ4v) is 3.05. The van der Waals surface area contributed by atoms with E-state index in [4.69, 9.17) is 0 Å². The summed E-state index contributed by atoms with van der Waals surface area (Å²) in [6.45, 7) is 7.62. The maximum Gasteiger partial charge on any atom is 0.0488 e. The largest absolute Gasteiger partial charge is 0.311 e. The van der Waals surface area contributed by atoms with Crippen molar-refractivity contribution < 1.29 is 0 Å². The van der Waals surface area contributed by atoms with E-state index in [0.29, 0.717) is 0 Å². The van der Waals surface area contributed by atoms with Crippen LogP contribution in [0.3, 0.4) is 0 Å². The first kappa shape index (κ1) is 14.2. The van der Waals surface area contributed by atoms with Gasteiger partial charge in [-0.3, -0.25) is 4.98 Å². The Morgan fingerprint density at radius 2 is 1.86 bits per heavy atom. The number of pyridine rings is 1. The molecule has 2 heterocycles. The molecule has 1 aromatic heterocycles. The highest BCUT2D eigenvalue weighted by atomic mass is 15.2. The number of aromatic nitrogens is 1. The summed E-state index contributed by atoms with van der Waals surface area (Å²) in [7, 11) is 0. The molecule has 1 fully saturated rings. The molecule has 0 bridgehead atoms. The minimum atomic E-state index is 0.237. The summed E-state index contributed by atoms with van der Waals surface area (Å²) >= 11 is 0. The molecule has 1 saturated heterocycles. The zero-order valence-electron chi connectivity index (χ0n) is 12.6. The Kier molecular flexibility index (Phi) is 4.32. The van der Waals surface area contributed by atoms with Crippen LogP contribution in [0.5, 0.6) is 0 Å². The van der Waals surface area contributed by atoms with Gasteiger partial charge < -0.3 is 10.2 Å².